The molecule has 7 heteroatoms. The van der Waals surface area contributed by atoms with Crippen LogP contribution in [0.25, 0.3) is 17.1 Å². The molecule has 1 saturated heterocycles. The number of esters is 1. The molecule has 0 aliphatic carbocycles. The summed E-state index contributed by atoms with van der Waals surface area (Å²) in [5.74, 6) is -0.216. The Bertz CT molecular complexity index is 979. The van der Waals surface area contributed by atoms with Gasteiger partial charge < -0.3 is 14.1 Å². The van der Waals surface area contributed by atoms with Crippen molar-refractivity contribution in [1.29, 1.82) is 0 Å². The lowest BCUT2D eigenvalue weighted by molar-refractivity contribution is -0.137. The highest BCUT2D eigenvalue weighted by molar-refractivity contribution is 5.91. The molecule has 7 nitrogen and oxygen atoms in total. The fraction of sp³-hybridized carbons (Fsp3) is 0.318. The van der Waals surface area contributed by atoms with Crippen LogP contribution < -0.4 is 0 Å². The fourth-order valence-corrected chi connectivity index (χ4v) is 3.59. The summed E-state index contributed by atoms with van der Waals surface area (Å²) < 4.78 is 12.3. The van der Waals surface area contributed by atoms with E-state index in [-0.39, 0.29) is 24.2 Å². The van der Waals surface area contributed by atoms with Crippen molar-refractivity contribution in [3.8, 4) is 17.1 Å². The molecule has 2 aromatic heterocycles. The number of rotatable bonds is 5. The molecule has 1 amide bonds. The van der Waals surface area contributed by atoms with Crippen molar-refractivity contribution in [2.75, 3.05) is 13.2 Å². The van der Waals surface area contributed by atoms with Crippen molar-refractivity contribution in [3.63, 3.8) is 0 Å². The van der Waals surface area contributed by atoms with Gasteiger partial charge in [-0.1, -0.05) is 18.2 Å². The van der Waals surface area contributed by atoms with Gasteiger partial charge in [-0.15, -0.1) is 0 Å². The summed E-state index contributed by atoms with van der Waals surface area (Å²) in [6.07, 6.45) is 4.63. The standard InChI is InChI=1S/C22H23N3O4/c1-16-8-5-6-12-24(16)21(26)15-29-22(27)19-14-18(20-11-7-13-28-20)23-25(19)17-9-3-2-4-10-17/h2-4,7,9-11,13-14,16H,5-6,8,12,15H2,1H3. The average molecular weight is 393 g/mol. The number of amides is 1. The maximum absolute atomic E-state index is 12.8. The minimum Gasteiger partial charge on any atom is -0.463 e. The van der Waals surface area contributed by atoms with Crippen LogP contribution in [0.15, 0.2) is 59.2 Å². The summed E-state index contributed by atoms with van der Waals surface area (Å²) in [6.45, 7) is 2.46. The number of piperidine rings is 1. The molecule has 150 valence electrons. The maximum Gasteiger partial charge on any atom is 0.357 e. The smallest absolute Gasteiger partial charge is 0.357 e. The van der Waals surface area contributed by atoms with E-state index >= 15 is 0 Å². The first kappa shape index (κ1) is 19.0. The highest BCUT2D eigenvalue weighted by atomic mass is 16.5. The average Bonchev–Trinajstić information content (AvgIpc) is 3.42. The van der Waals surface area contributed by atoms with Gasteiger partial charge in [0.25, 0.3) is 5.91 Å². The number of aromatic nitrogens is 2. The van der Waals surface area contributed by atoms with E-state index in [4.69, 9.17) is 9.15 Å². The minimum atomic E-state index is -0.600. The van der Waals surface area contributed by atoms with E-state index in [0.717, 1.165) is 19.3 Å². The molecule has 3 aromatic rings. The molecule has 1 aromatic carbocycles. The summed E-state index contributed by atoms with van der Waals surface area (Å²) >= 11 is 0. The Hall–Kier alpha value is -3.35. The van der Waals surface area contributed by atoms with Crippen LogP contribution in [0, 0.1) is 0 Å². The summed E-state index contributed by atoms with van der Waals surface area (Å²) in [5, 5.41) is 4.50. The van der Waals surface area contributed by atoms with Crippen LogP contribution in [0.2, 0.25) is 0 Å². The molecular weight excluding hydrogens is 370 g/mol. The van der Waals surface area contributed by atoms with Gasteiger partial charge in [-0.2, -0.15) is 5.10 Å². The first-order chi connectivity index (χ1) is 14.1. The van der Waals surface area contributed by atoms with Crippen molar-refractivity contribution in [3.05, 3.63) is 60.5 Å². The topological polar surface area (TPSA) is 77.6 Å². The highest BCUT2D eigenvalue weighted by Crippen LogP contribution is 2.23. The zero-order valence-corrected chi connectivity index (χ0v) is 16.3. The normalized spacial score (nSPS) is 16.6. The number of furan rings is 1. The molecule has 0 radical (unpaired) electrons. The number of hydrogen-bond donors (Lipinski definition) is 0. The molecule has 1 atom stereocenters. The number of benzene rings is 1. The lowest BCUT2D eigenvalue weighted by Crippen LogP contribution is -2.44. The van der Waals surface area contributed by atoms with Gasteiger partial charge in [0, 0.05) is 18.7 Å². The van der Waals surface area contributed by atoms with Crippen LogP contribution in [0.1, 0.15) is 36.7 Å². The summed E-state index contributed by atoms with van der Waals surface area (Å²) in [4.78, 5) is 27.1. The molecular formula is C22H23N3O4. The van der Waals surface area contributed by atoms with Crippen LogP contribution >= 0.6 is 0 Å². The second-order valence-electron chi connectivity index (χ2n) is 7.15. The Kier molecular flexibility index (Phi) is 5.46. The SMILES string of the molecule is CC1CCCCN1C(=O)COC(=O)c1cc(-c2ccco2)nn1-c1ccccc1. The van der Waals surface area contributed by atoms with Gasteiger partial charge in [0.15, 0.2) is 18.1 Å². The van der Waals surface area contributed by atoms with Crippen molar-refractivity contribution >= 4 is 11.9 Å². The van der Waals surface area contributed by atoms with Gasteiger partial charge >= 0.3 is 5.97 Å². The van der Waals surface area contributed by atoms with Crippen molar-refractivity contribution in [1.82, 2.24) is 14.7 Å². The number of likely N-dealkylation sites (tertiary alicyclic amines) is 1. The van der Waals surface area contributed by atoms with E-state index in [1.165, 1.54) is 4.68 Å². The molecule has 1 aliphatic rings. The Labute approximate surface area is 168 Å². The molecule has 29 heavy (non-hydrogen) atoms. The molecule has 1 unspecified atom stereocenters. The van der Waals surface area contributed by atoms with Crippen LogP contribution in [0.5, 0.6) is 0 Å². The second kappa shape index (κ2) is 8.34. The highest BCUT2D eigenvalue weighted by Gasteiger charge is 2.25. The second-order valence-corrected chi connectivity index (χ2v) is 7.15. The minimum absolute atomic E-state index is 0.164. The summed E-state index contributed by atoms with van der Waals surface area (Å²) in [5.41, 5.74) is 1.47. The predicted molar refractivity (Wildman–Crippen MR) is 107 cm³/mol. The van der Waals surface area contributed by atoms with E-state index in [9.17, 15) is 9.59 Å². The zero-order valence-electron chi connectivity index (χ0n) is 16.3. The third kappa shape index (κ3) is 4.08. The van der Waals surface area contributed by atoms with E-state index < -0.39 is 5.97 Å². The largest absolute Gasteiger partial charge is 0.463 e. The third-order valence-corrected chi connectivity index (χ3v) is 5.14. The van der Waals surface area contributed by atoms with Crippen molar-refractivity contribution in [2.45, 2.75) is 32.2 Å². The zero-order chi connectivity index (χ0) is 20.2. The Morgan fingerprint density at radius 2 is 2.00 bits per heavy atom. The van der Waals surface area contributed by atoms with Gasteiger partial charge in [0.05, 0.1) is 12.0 Å². The fourth-order valence-electron chi connectivity index (χ4n) is 3.59. The third-order valence-electron chi connectivity index (χ3n) is 5.14. The number of nitrogens with zero attached hydrogens (tertiary/aromatic N) is 3. The lowest BCUT2D eigenvalue weighted by atomic mass is 10.0. The van der Waals surface area contributed by atoms with Crippen LogP contribution in [-0.4, -0.2) is 45.8 Å². The number of ether oxygens (including phenoxy) is 1. The number of hydrogen-bond acceptors (Lipinski definition) is 5. The maximum atomic E-state index is 12.8. The number of carbonyl (C=O) groups excluding carboxylic acids is 2. The number of carbonyl (C=O) groups is 2. The van der Waals surface area contributed by atoms with E-state index in [1.807, 2.05) is 37.3 Å². The predicted octanol–water partition coefficient (Wildman–Crippen LogP) is 3.69. The van der Waals surface area contributed by atoms with E-state index in [1.54, 1.807) is 29.4 Å². The van der Waals surface area contributed by atoms with Crippen LogP contribution in [0.3, 0.4) is 0 Å². The van der Waals surface area contributed by atoms with Crippen LogP contribution in [0.4, 0.5) is 0 Å². The molecule has 4 rings (SSSR count). The summed E-state index contributed by atoms with van der Waals surface area (Å²) in [7, 11) is 0. The van der Waals surface area contributed by atoms with Gasteiger partial charge in [0.1, 0.15) is 5.69 Å². The van der Waals surface area contributed by atoms with Gasteiger partial charge in [-0.05, 0) is 50.5 Å². The molecule has 1 fully saturated rings. The quantitative estimate of drug-likeness (QED) is 0.618. The summed E-state index contributed by atoms with van der Waals surface area (Å²) in [6, 6.07) is 14.6. The molecule has 0 spiro atoms. The van der Waals surface area contributed by atoms with Gasteiger partial charge in [-0.3, -0.25) is 4.79 Å². The Balaban J connectivity index is 1.55. The van der Waals surface area contributed by atoms with Gasteiger partial charge in [0.2, 0.25) is 0 Å². The Morgan fingerprint density at radius 3 is 2.72 bits per heavy atom. The first-order valence-electron chi connectivity index (χ1n) is 9.79. The molecule has 0 N–H and O–H groups in total. The molecule has 3 heterocycles. The molecule has 0 bridgehead atoms. The Morgan fingerprint density at radius 1 is 1.17 bits per heavy atom. The molecule has 1 aliphatic heterocycles. The van der Waals surface area contributed by atoms with Crippen LogP contribution in [-0.2, 0) is 9.53 Å². The van der Waals surface area contributed by atoms with Crippen molar-refractivity contribution < 1.29 is 18.7 Å². The van der Waals surface area contributed by atoms with Crippen molar-refractivity contribution in [2.24, 2.45) is 0 Å². The first-order valence-corrected chi connectivity index (χ1v) is 9.79. The van der Waals surface area contributed by atoms with Gasteiger partial charge in [-0.25, -0.2) is 9.48 Å². The molecule has 0 saturated carbocycles. The number of para-hydroxylation sites is 1. The monoisotopic (exact) mass is 393 g/mol. The lowest BCUT2D eigenvalue weighted by Gasteiger charge is -2.33. The van der Waals surface area contributed by atoms with E-state index in [0.29, 0.717) is 23.7 Å². The van der Waals surface area contributed by atoms with E-state index in [2.05, 4.69) is 5.10 Å².